The molecule has 0 aromatic heterocycles. The Bertz CT molecular complexity index is 506. The van der Waals surface area contributed by atoms with E-state index >= 15 is 0 Å². The number of aliphatic hydroxyl groups excluding tert-OH is 1. The van der Waals surface area contributed by atoms with Crippen LogP contribution in [0.15, 0.2) is 12.1 Å². The third-order valence-electron chi connectivity index (χ3n) is 2.30. The van der Waals surface area contributed by atoms with Gasteiger partial charge in [-0.1, -0.05) is 0 Å². The lowest BCUT2D eigenvalue weighted by atomic mass is 10.2. The van der Waals surface area contributed by atoms with Gasteiger partial charge in [-0.25, -0.2) is 4.39 Å². The van der Waals surface area contributed by atoms with E-state index in [9.17, 15) is 23.7 Å². The Morgan fingerprint density at radius 1 is 1.47 bits per heavy atom. The number of hydrogen-bond donors (Lipinski definition) is 2. The molecule has 19 heavy (non-hydrogen) atoms. The van der Waals surface area contributed by atoms with Gasteiger partial charge in [0.2, 0.25) is 11.7 Å². The minimum absolute atomic E-state index is 0.0811. The zero-order valence-electron chi connectivity index (χ0n) is 10.0. The van der Waals surface area contributed by atoms with Crippen molar-refractivity contribution < 1.29 is 23.6 Å². The van der Waals surface area contributed by atoms with E-state index in [-0.39, 0.29) is 12.8 Å². The molecule has 6 nitrogen and oxygen atoms in total. The fraction of sp³-hybridized carbons (Fsp3) is 0.364. The zero-order chi connectivity index (χ0) is 14.6. The molecule has 1 aromatic carbocycles. The first-order valence-electron chi connectivity index (χ1n) is 5.42. The van der Waals surface area contributed by atoms with Gasteiger partial charge in [-0.05, 0) is 13.3 Å². The number of aliphatic hydroxyl groups is 1. The monoisotopic (exact) mass is 274 g/mol. The molecule has 2 N–H and O–H groups in total. The van der Waals surface area contributed by atoms with Gasteiger partial charge in [-0.2, -0.15) is 4.39 Å². The van der Waals surface area contributed by atoms with Crippen molar-refractivity contribution in [2.45, 2.75) is 25.9 Å². The average Bonchev–Trinajstić information content (AvgIpc) is 2.29. The molecule has 0 aliphatic heterocycles. The van der Waals surface area contributed by atoms with Gasteiger partial charge in [0.25, 0.3) is 0 Å². The van der Waals surface area contributed by atoms with Crippen LogP contribution in [0.4, 0.5) is 20.2 Å². The number of carbonyl (C=O) groups excluding carboxylic acids is 1. The molecule has 0 aliphatic carbocycles. The summed E-state index contributed by atoms with van der Waals surface area (Å²) in [5.74, 6) is -3.04. The van der Waals surface area contributed by atoms with Crippen LogP contribution in [0.5, 0.6) is 0 Å². The minimum atomic E-state index is -1.32. The number of rotatable bonds is 5. The van der Waals surface area contributed by atoms with E-state index in [1.54, 1.807) is 0 Å². The van der Waals surface area contributed by atoms with Gasteiger partial charge in [0.15, 0.2) is 0 Å². The van der Waals surface area contributed by atoms with Crippen molar-refractivity contribution in [2.75, 3.05) is 5.32 Å². The highest BCUT2D eigenvalue weighted by Gasteiger charge is 2.19. The number of nitro benzene ring substituents is 1. The van der Waals surface area contributed by atoms with Crippen LogP contribution < -0.4 is 5.32 Å². The summed E-state index contributed by atoms with van der Waals surface area (Å²) in [6.45, 7) is 1.48. The predicted molar refractivity (Wildman–Crippen MR) is 62.6 cm³/mol. The maximum Gasteiger partial charge on any atom is 0.307 e. The molecule has 1 aromatic rings. The maximum absolute atomic E-state index is 13.3. The van der Waals surface area contributed by atoms with E-state index < -0.39 is 39.9 Å². The zero-order valence-corrected chi connectivity index (χ0v) is 10.0. The molecule has 0 radical (unpaired) electrons. The van der Waals surface area contributed by atoms with Crippen molar-refractivity contribution in [1.82, 2.24) is 0 Å². The van der Waals surface area contributed by atoms with Crippen molar-refractivity contribution in [1.29, 1.82) is 0 Å². The van der Waals surface area contributed by atoms with Crippen LogP contribution in [-0.2, 0) is 4.79 Å². The highest BCUT2D eigenvalue weighted by Crippen LogP contribution is 2.25. The van der Waals surface area contributed by atoms with E-state index in [1.165, 1.54) is 6.92 Å². The number of hydrogen-bond acceptors (Lipinski definition) is 4. The van der Waals surface area contributed by atoms with Crippen molar-refractivity contribution in [2.24, 2.45) is 0 Å². The normalized spacial score (nSPS) is 12.0. The first kappa shape index (κ1) is 15.0. The number of nitrogens with one attached hydrogen (secondary N) is 1. The van der Waals surface area contributed by atoms with Gasteiger partial charge in [-0.15, -0.1) is 0 Å². The van der Waals surface area contributed by atoms with E-state index in [0.29, 0.717) is 12.1 Å². The molecule has 0 aliphatic rings. The summed E-state index contributed by atoms with van der Waals surface area (Å²) in [5.41, 5.74) is -1.39. The summed E-state index contributed by atoms with van der Waals surface area (Å²) in [6.07, 6.45) is -0.614. The fourth-order valence-electron chi connectivity index (χ4n) is 1.33. The number of halogens is 2. The second-order valence-corrected chi connectivity index (χ2v) is 3.98. The van der Waals surface area contributed by atoms with Crippen molar-refractivity contribution in [3.05, 3.63) is 33.9 Å². The lowest BCUT2D eigenvalue weighted by Gasteiger charge is -2.07. The first-order chi connectivity index (χ1) is 8.81. The Labute approximate surface area is 107 Å². The van der Waals surface area contributed by atoms with Crippen LogP contribution in [0.2, 0.25) is 0 Å². The molecule has 1 amide bonds. The number of nitrogens with zero attached hydrogens (tertiary/aromatic N) is 1. The van der Waals surface area contributed by atoms with Gasteiger partial charge < -0.3 is 10.4 Å². The fourth-order valence-corrected chi connectivity index (χ4v) is 1.33. The lowest BCUT2D eigenvalue weighted by Crippen LogP contribution is -2.15. The smallest absolute Gasteiger partial charge is 0.307 e. The third kappa shape index (κ3) is 4.25. The van der Waals surface area contributed by atoms with Crippen LogP contribution in [-0.4, -0.2) is 22.0 Å². The largest absolute Gasteiger partial charge is 0.393 e. The second-order valence-electron chi connectivity index (χ2n) is 3.98. The summed E-state index contributed by atoms with van der Waals surface area (Å²) in [5, 5.41) is 21.6. The first-order valence-corrected chi connectivity index (χ1v) is 5.42. The van der Waals surface area contributed by atoms with Crippen molar-refractivity contribution in [3.8, 4) is 0 Å². The molecular formula is C11H12F2N2O4. The van der Waals surface area contributed by atoms with Crippen LogP contribution in [0, 0.1) is 21.7 Å². The molecule has 0 saturated heterocycles. The SMILES string of the molecule is CC(O)CCC(=O)Nc1cc([N+](=O)[O-])c(F)cc1F. The molecule has 1 atom stereocenters. The van der Waals surface area contributed by atoms with Gasteiger partial charge in [0, 0.05) is 18.6 Å². The van der Waals surface area contributed by atoms with Crippen molar-refractivity contribution in [3.63, 3.8) is 0 Å². The van der Waals surface area contributed by atoms with Gasteiger partial charge in [0.1, 0.15) is 5.82 Å². The maximum atomic E-state index is 13.3. The topological polar surface area (TPSA) is 92.5 Å². The Kier molecular flexibility index (Phi) is 4.87. The lowest BCUT2D eigenvalue weighted by molar-refractivity contribution is -0.387. The summed E-state index contributed by atoms with van der Waals surface area (Å²) in [6, 6.07) is 0.952. The number of nitro groups is 1. The van der Waals surface area contributed by atoms with E-state index in [1.807, 2.05) is 0 Å². The molecule has 0 fully saturated rings. The molecule has 1 unspecified atom stereocenters. The summed E-state index contributed by atoms with van der Waals surface area (Å²) in [7, 11) is 0. The Morgan fingerprint density at radius 3 is 2.63 bits per heavy atom. The molecule has 0 heterocycles. The summed E-state index contributed by atoms with van der Waals surface area (Å²) < 4.78 is 26.4. The minimum Gasteiger partial charge on any atom is -0.393 e. The average molecular weight is 274 g/mol. The highest BCUT2D eigenvalue weighted by molar-refractivity contribution is 5.91. The predicted octanol–water partition coefficient (Wildman–Crippen LogP) is 1.97. The van der Waals surface area contributed by atoms with Crippen LogP contribution >= 0.6 is 0 Å². The summed E-state index contributed by atoms with van der Waals surface area (Å²) in [4.78, 5) is 20.9. The van der Waals surface area contributed by atoms with Gasteiger partial charge >= 0.3 is 5.69 Å². The van der Waals surface area contributed by atoms with Crippen molar-refractivity contribution >= 4 is 17.3 Å². The third-order valence-corrected chi connectivity index (χ3v) is 2.30. The van der Waals surface area contributed by atoms with E-state index in [4.69, 9.17) is 5.11 Å². The second kappa shape index (κ2) is 6.19. The molecular weight excluding hydrogens is 262 g/mol. The molecule has 0 spiro atoms. The van der Waals surface area contributed by atoms with Crippen LogP contribution in [0.1, 0.15) is 19.8 Å². The molecule has 8 heteroatoms. The van der Waals surface area contributed by atoms with Gasteiger partial charge in [0.05, 0.1) is 16.7 Å². The highest BCUT2D eigenvalue weighted by atomic mass is 19.1. The number of amides is 1. The quantitative estimate of drug-likeness (QED) is 0.634. The Balaban J connectivity index is 2.86. The van der Waals surface area contributed by atoms with Gasteiger partial charge in [-0.3, -0.25) is 14.9 Å². The van der Waals surface area contributed by atoms with Crippen LogP contribution in [0.3, 0.4) is 0 Å². The Hall–Kier alpha value is -2.09. The molecule has 0 bridgehead atoms. The number of benzene rings is 1. The van der Waals surface area contributed by atoms with Crippen LogP contribution in [0.25, 0.3) is 0 Å². The molecule has 0 saturated carbocycles. The number of anilines is 1. The summed E-state index contributed by atoms with van der Waals surface area (Å²) >= 11 is 0. The molecule has 104 valence electrons. The molecule has 1 rings (SSSR count). The van der Waals surface area contributed by atoms with E-state index in [0.717, 1.165) is 0 Å². The number of carbonyl (C=O) groups is 1. The Morgan fingerprint density at radius 2 is 2.11 bits per heavy atom. The standard InChI is InChI=1S/C11H12F2N2O4/c1-6(16)2-3-11(17)14-9-5-10(15(18)19)8(13)4-7(9)12/h4-6,16H,2-3H2,1H3,(H,14,17). The van der Waals surface area contributed by atoms with E-state index in [2.05, 4.69) is 5.32 Å².